The number of rotatable bonds is 2. The Bertz CT molecular complexity index is 354. The van der Waals surface area contributed by atoms with Crippen LogP contribution in [-0.4, -0.2) is 6.08 Å². The van der Waals surface area contributed by atoms with Gasteiger partial charge in [0.05, 0.1) is 5.54 Å². The molecule has 0 aliphatic rings. The molecule has 13 heavy (non-hydrogen) atoms. The van der Waals surface area contributed by atoms with Gasteiger partial charge in [0, 0.05) is 5.02 Å². The van der Waals surface area contributed by atoms with E-state index in [-0.39, 0.29) is 0 Å². The minimum Gasteiger partial charge on any atom is -0.211 e. The van der Waals surface area contributed by atoms with Crippen molar-refractivity contribution in [3.63, 3.8) is 0 Å². The lowest BCUT2D eigenvalue weighted by Gasteiger charge is -2.18. The van der Waals surface area contributed by atoms with Gasteiger partial charge in [0.15, 0.2) is 0 Å². The molecular weight excluding hydrogens is 186 g/mol. The minimum absolute atomic E-state index is 0.597. The van der Waals surface area contributed by atoms with Crippen LogP contribution in [-0.2, 0) is 10.3 Å². The normalized spacial score (nSPS) is 10.7. The summed E-state index contributed by atoms with van der Waals surface area (Å²) in [7, 11) is 0. The Labute approximate surface area is 82.3 Å². The van der Waals surface area contributed by atoms with Crippen LogP contribution >= 0.6 is 11.6 Å². The van der Waals surface area contributed by atoms with Crippen LogP contribution in [0.3, 0.4) is 0 Å². The second-order valence-electron chi connectivity index (χ2n) is 3.24. The number of hydrogen-bond donors (Lipinski definition) is 0. The van der Waals surface area contributed by atoms with Crippen LogP contribution in [0.1, 0.15) is 19.4 Å². The highest BCUT2D eigenvalue weighted by Gasteiger charge is 2.21. The van der Waals surface area contributed by atoms with Gasteiger partial charge in [-0.1, -0.05) is 29.8 Å². The lowest BCUT2D eigenvalue weighted by molar-refractivity contribution is 0.523. The Morgan fingerprint density at radius 2 is 2.00 bits per heavy atom. The molecule has 2 nitrogen and oxygen atoms in total. The maximum atomic E-state index is 10.2. The highest BCUT2D eigenvalue weighted by molar-refractivity contribution is 6.31. The van der Waals surface area contributed by atoms with Gasteiger partial charge in [0.2, 0.25) is 6.08 Å². The lowest BCUT2D eigenvalue weighted by Crippen LogP contribution is -2.13. The van der Waals surface area contributed by atoms with E-state index in [2.05, 4.69) is 4.99 Å². The van der Waals surface area contributed by atoms with Gasteiger partial charge in [-0.15, -0.1) is 0 Å². The average molecular weight is 196 g/mol. The first kappa shape index (κ1) is 9.97. The molecule has 0 N–H and O–H groups in total. The summed E-state index contributed by atoms with van der Waals surface area (Å²) in [6, 6.07) is 7.33. The molecule has 0 bridgehead atoms. The number of benzene rings is 1. The van der Waals surface area contributed by atoms with Crippen molar-refractivity contribution in [1.29, 1.82) is 0 Å². The summed E-state index contributed by atoms with van der Waals surface area (Å²) in [4.78, 5) is 13.9. The number of isocyanates is 1. The first-order chi connectivity index (χ1) is 6.08. The number of halogens is 1. The standard InChI is InChI=1S/C10H10ClNO/c1-10(2,12-7-13)8-5-3-4-6-9(8)11/h3-6H,1-2H3. The van der Waals surface area contributed by atoms with E-state index in [1.807, 2.05) is 32.0 Å². The molecule has 0 atom stereocenters. The van der Waals surface area contributed by atoms with Crippen molar-refractivity contribution in [2.75, 3.05) is 0 Å². The molecule has 0 unspecified atom stereocenters. The second kappa shape index (κ2) is 3.73. The predicted octanol–water partition coefficient (Wildman–Crippen LogP) is 2.91. The Kier molecular flexibility index (Phi) is 2.86. The van der Waals surface area contributed by atoms with E-state index < -0.39 is 5.54 Å². The molecule has 0 aliphatic heterocycles. The van der Waals surface area contributed by atoms with Crippen molar-refractivity contribution in [3.8, 4) is 0 Å². The van der Waals surface area contributed by atoms with Gasteiger partial charge in [0.25, 0.3) is 0 Å². The van der Waals surface area contributed by atoms with Crippen LogP contribution in [0.15, 0.2) is 29.3 Å². The van der Waals surface area contributed by atoms with Gasteiger partial charge in [0.1, 0.15) is 0 Å². The first-order valence-corrected chi connectivity index (χ1v) is 4.30. The summed E-state index contributed by atoms with van der Waals surface area (Å²) in [5.41, 5.74) is 0.236. The summed E-state index contributed by atoms with van der Waals surface area (Å²) < 4.78 is 0. The molecule has 0 heterocycles. The second-order valence-corrected chi connectivity index (χ2v) is 3.65. The fourth-order valence-corrected chi connectivity index (χ4v) is 1.50. The number of nitrogens with zero attached hydrogens (tertiary/aromatic N) is 1. The monoisotopic (exact) mass is 195 g/mol. The van der Waals surface area contributed by atoms with E-state index >= 15 is 0 Å². The lowest BCUT2D eigenvalue weighted by atomic mass is 9.95. The summed E-state index contributed by atoms with van der Waals surface area (Å²) in [6.45, 7) is 3.64. The van der Waals surface area contributed by atoms with E-state index in [0.717, 1.165) is 5.56 Å². The SMILES string of the molecule is CC(C)(N=C=O)c1ccccc1Cl. The molecule has 3 heteroatoms. The van der Waals surface area contributed by atoms with E-state index in [9.17, 15) is 4.79 Å². The Hall–Kier alpha value is -1.11. The molecule has 0 aliphatic carbocycles. The largest absolute Gasteiger partial charge is 0.235 e. The third kappa shape index (κ3) is 2.18. The minimum atomic E-state index is -0.597. The van der Waals surface area contributed by atoms with Crippen LogP contribution in [0, 0.1) is 0 Å². The molecule has 0 amide bonds. The third-order valence-electron chi connectivity index (χ3n) is 1.86. The summed E-state index contributed by atoms with van der Waals surface area (Å²) in [6.07, 6.45) is 1.55. The molecule has 68 valence electrons. The Balaban J connectivity index is 3.21. The van der Waals surface area contributed by atoms with Crippen LogP contribution in [0.4, 0.5) is 0 Å². The molecule has 0 fully saturated rings. The summed E-state index contributed by atoms with van der Waals surface area (Å²) >= 11 is 5.95. The molecule has 0 saturated carbocycles. The van der Waals surface area contributed by atoms with Gasteiger partial charge >= 0.3 is 0 Å². The smallest absolute Gasteiger partial charge is 0.211 e. The zero-order valence-corrected chi connectivity index (χ0v) is 8.30. The fraction of sp³-hybridized carbons (Fsp3) is 0.300. The van der Waals surface area contributed by atoms with E-state index in [4.69, 9.17) is 11.6 Å². The first-order valence-electron chi connectivity index (χ1n) is 3.92. The van der Waals surface area contributed by atoms with Crippen LogP contribution < -0.4 is 0 Å². The maximum Gasteiger partial charge on any atom is 0.235 e. The number of carbonyl (C=O) groups excluding carboxylic acids is 1. The maximum absolute atomic E-state index is 10.2. The van der Waals surface area contributed by atoms with E-state index in [1.54, 1.807) is 12.1 Å². The molecule has 0 spiro atoms. The van der Waals surface area contributed by atoms with Gasteiger partial charge < -0.3 is 0 Å². The topological polar surface area (TPSA) is 29.4 Å². The van der Waals surface area contributed by atoms with Crippen LogP contribution in [0.5, 0.6) is 0 Å². The van der Waals surface area contributed by atoms with E-state index in [0.29, 0.717) is 5.02 Å². The van der Waals surface area contributed by atoms with Gasteiger partial charge in [-0.05, 0) is 25.5 Å². The molecule has 1 rings (SSSR count). The number of hydrogen-bond acceptors (Lipinski definition) is 2. The fourth-order valence-electron chi connectivity index (χ4n) is 1.13. The summed E-state index contributed by atoms with van der Waals surface area (Å²) in [5, 5.41) is 0.617. The van der Waals surface area contributed by atoms with Crippen LogP contribution in [0.25, 0.3) is 0 Å². The molecule has 0 aromatic heterocycles. The zero-order chi connectivity index (χ0) is 9.90. The Morgan fingerprint density at radius 3 is 2.54 bits per heavy atom. The Morgan fingerprint density at radius 1 is 1.38 bits per heavy atom. The van der Waals surface area contributed by atoms with Crippen molar-refractivity contribution in [2.45, 2.75) is 19.4 Å². The third-order valence-corrected chi connectivity index (χ3v) is 2.19. The predicted molar refractivity (Wildman–Crippen MR) is 52.6 cm³/mol. The van der Waals surface area contributed by atoms with Crippen molar-refractivity contribution < 1.29 is 4.79 Å². The highest BCUT2D eigenvalue weighted by Crippen LogP contribution is 2.30. The number of aliphatic imine (C=N–C) groups is 1. The van der Waals surface area contributed by atoms with Gasteiger partial charge in [-0.2, -0.15) is 4.99 Å². The van der Waals surface area contributed by atoms with Gasteiger partial charge in [-0.3, -0.25) is 0 Å². The molecule has 1 aromatic rings. The quantitative estimate of drug-likeness (QED) is 0.527. The molecular formula is C10H10ClNO. The zero-order valence-electron chi connectivity index (χ0n) is 7.54. The van der Waals surface area contributed by atoms with Gasteiger partial charge in [-0.25, -0.2) is 4.79 Å². The van der Waals surface area contributed by atoms with E-state index in [1.165, 1.54) is 0 Å². The molecule has 1 aromatic carbocycles. The highest BCUT2D eigenvalue weighted by atomic mass is 35.5. The average Bonchev–Trinajstić information content (AvgIpc) is 2.04. The molecule has 0 saturated heterocycles. The van der Waals surface area contributed by atoms with Crippen molar-refractivity contribution in [1.82, 2.24) is 0 Å². The van der Waals surface area contributed by atoms with Crippen molar-refractivity contribution in [2.24, 2.45) is 4.99 Å². The van der Waals surface area contributed by atoms with Crippen molar-refractivity contribution in [3.05, 3.63) is 34.9 Å². The van der Waals surface area contributed by atoms with Crippen molar-refractivity contribution >= 4 is 17.7 Å². The van der Waals surface area contributed by atoms with Crippen LogP contribution in [0.2, 0.25) is 5.02 Å². The summed E-state index contributed by atoms with van der Waals surface area (Å²) in [5.74, 6) is 0. The molecule has 0 radical (unpaired) electrons.